The third-order valence-electron chi connectivity index (χ3n) is 1.74. The highest BCUT2D eigenvalue weighted by Gasteiger charge is 2.20. The number of rotatable bonds is 2. The first kappa shape index (κ1) is 10.7. The minimum Gasteiger partial charge on any atom is -0.478 e. The monoisotopic (exact) mass is 306 g/mol. The molecule has 0 spiro atoms. The Morgan fingerprint density at radius 3 is 2.87 bits per heavy atom. The van der Waals surface area contributed by atoms with E-state index in [1.807, 2.05) is 6.07 Å². The van der Waals surface area contributed by atoms with Crippen LogP contribution in [0.5, 0.6) is 0 Å². The van der Waals surface area contributed by atoms with Gasteiger partial charge in [-0.3, -0.25) is 5.10 Å². The van der Waals surface area contributed by atoms with E-state index in [2.05, 4.69) is 26.1 Å². The number of thiophene rings is 1. The lowest BCUT2D eigenvalue weighted by Crippen LogP contribution is -1.96. The van der Waals surface area contributed by atoms with E-state index < -0.39 is 5.97 Å². The summed E-state index contributed by atoms with van der Waals surface area (Å²) in [6.07, 6.45) is 0. The van der Waals surface area contributed by atoms with Crippen LogP contribution in [0.4, 0.5) is 0 Å². The van der Waals surface area contributed by atoms with E-state index in [-0.39, 0.29) is 10.7 Å². The van der Waals surface area contributed by atoms with Gasteiger partial charge in [-0.25, -0.2) is 4.79 Å². The van der Waals surface area contributed by atoms with Crippen LogP contribution in [0.15, 0.2) is 15.9 Å². The molecule has 0 saturated heterocycles. The largest absolute Gasteiger partial charge is 0.478 e. The van der Waals surface area contributed by atoms with E-state index in [1.54, 1.807) is 6.07 Å². The van der Waals surface area contributed by atoms with Crippen LogP contribution in [-0.2, 0) is 0 Å². The molecular formula is C8H4BrClN2O2S. The van der Waals surface area contributed by atoms with Crippen molar-refractivity contribution in [3.63, 3.8) is 0 Å². The molecule has 0 amide bonds. The molecule has 4 nitrogen and oxygen atoms in total. The van der Waals surface area contributed by atoms with Crippen LogP contribution in [0.25, 0.3) is 10.6 Å². The number of hydrogen-bond acceptors (Lipinski definition) is 3. The molecule has 2 rings (SSSR count). The Morgan fingerprint density at radius 1 is 1.60 bits per heavy atom. The first-order chi connectivity index (χ1) is 7.09. The van der Waals surface area contributed by atoms with Gasteiger partial charge in [-0.1, -0.05) is 11.6 Å². The van der Waals surface area contributed by atoms with Crippen LogP contribution < -0.4 is 0 Å². The van der Waals surface area contributed by atoms with Crippen molar-refractivity contribution >= 4 is 44.8 Å². The van der Waals surface area contributed by atoms with E-state index >= 15 is 0 Å². The van der Waals surface area contributed by atoms with Gasteiger partial charge in [0, 0.05) is 0 Å². The van der Waals surface area contributed by atoms with Gasteiger partial charge >= 0.3 is 5.97 Å². The van der Waals surface area contributed by atoms with Crippen LogP contribution in [-0.4, -0.2) is 21.3 Å². The van der Waals surface area contributed by atoms with Crippen molar-refractivity contribution in [1.82, 2.24) is 10.2 Å². The molecule has 0 aromatic carbocycles. The minimum atomic E-state index is -1.09. The van der Waals surface area contributed by atoms with Crippen molar-refractivity contribution < 1.29 is 9.90 Å². The van der Waals surface area contributed by atoms with Crippen molar-refractivity contribution in [2.75, 3.05) is 0 Å². The Labute approximate surface area is 102 Å². The fourth-order valence-corrected chi connectivity index (χ4v) is 2.73. The second-order valence-corrected chi connectivity index (χ2v) is 5.51. The summed E-state index contributed by atoms with van der Waals surface area (Å²) in [5, 5.41) is 15.3. The van der Waals surface area contributed by atoms with E-state index in [1.165, 1.54) is 11.3 Å². The van der Waals surface area contributed by atoms with E-state index in [9.17, 15) is 4.79 Å². The molecule has 0 atom stereocenters. The van der Waals surface area contributed by atoms with Gasteiger partial charge < -0.3 is 5.11 Å². The topological polar surface area (TPSA) is 66.0 Å². The van der Waals surface area contributed by atoms with Gasteiger partial charge in [-0.15, -0.1) is 11.3 Å². The normalized spacial score (nSPS) is 10.5. The summed E-state index contributed by atoms with van der Waals surface area (Å²) >= 11 is 10.4. The number of H-pyrrole nitrogens is 1. The maximum Gasteiger partial charge on any atom is 0.341 e. The number of aromatic nitrogens is 2. The molecule has 0 unspecified atom stereocenters. The quantitative estimate of drug-likeness (QED) is 0.895. The second-order valence-electron chi connectivity index (χ2n) is 2.67. The Balaban J connectivity index is 2.58. The fraction of sp³-hybridized carbons (Fsp3) is 0. The molecular weight excluding hydrogens is 304 g/mol. The lowest BCUT2D eigenvalue weighted by Gasteiger charge is -1.93. The average molecular weight is 308 g/mol. The van der Waals surface area contributed by atoms with Crippen molar-refractivity contribution in [2.45, 2.75) is 0 Å². The molecule has 0 aliphatic rings. The third-order valence-corrected chi connectivity index (χ3v) is 3.65. The summed E-state index contributed by atoms with van der Waals surface area (Å²) in [7, 11) is 0. The van der Waals surface area contributed by atoms with E-state index in [4.69, 9.17) is 16.7 Å². The molecule has 2 heterocycles. The third kappa shape index (κ3) is 1.92. The van der Waals surface area contributed by atoms with Crippen molar-refractivity contribution in [3.05, 3.63) is 26.6 Å². The number of nitrogens with one attached hydrogen (secondary N) is 1. The number of carboxylic acid groups (broad SMARTS) is 1. The molecule has 78 valence electrons. The van der Waals surface area contributed by atoms with Gasteiger partial charge in [-0.2, -0.15) is 5.10 Å². The summed E-state index contributed by atoms with van der Waals surface area (Å²) in [6, 6.07) is 3.61. The zero-order valence-electron chi connectivity index (χ0n) is 7.12. The summed E-state index contributed by atoms with van der Waals surface area (Å²) in [6.45, 7) is 0. The van der Waals surface area contributed by atoms with Crippen LogP contribution in [0.3, 0.4) is 0 Å². The molecule has 0 radical (unpaired) electrons. The number of aromatic carboxylic acids is 1. The summed E-state index contributed by atoms with van der Waals surface area (Å²) < 4.78 is 0.910. The Hall–Kier alpha value is -0.850. The average Bonchev–Trinajstić information content (AvgIpc) is 2.71. The highest BCUT2D eigenvalue weighted by molar-refractivity contribution is 9.11. The first-order valence-electron chi connectivity index (χ1n) is 3.82. The van der Waals surface area contributed by atoms with Gasteiger partial charge in [0.25, 0.3) is 0 Å². The highest BCUT2D eigenvalue weighted by Crippen LogP contribution is 2.34. The standard InChI is InChI=1S/C8H4BrClN2O2S/c9-4-2-1-3(15-4)6-5(8(13)14)7(10)12-11-6/h1-2H,(H,11,12)(H,13,14). The molecule has 2 N–H and O–H groups in total. The second kappa shape index (κ2) is 3.96. The van der Waals surface area contributed by atoms with Gasteiger partial charge in [0.1, 0.15) is 16.4 Å². The molecule has 0 bridgehead atoms. The van der Waals surface area contributed by atoms with Gasteiger partial charge in [-0.05, 0) is 28.1 Å². The molecule has 2 aromatic heterocycles. The molecule has 0 fully saturated rings. The number of carbonyl (C=O) groups is 1. The highest BCUT2D eigenvalue weighted by atomic mass is 79.9. The first-order valence-corrected chi connectivity index (χ1v) is 5.81. The molecule has 2 aromatic rings. The maximum absolute atomic E-state index is 10.9. The Morgan fingerprint density at radius 2 is 2.33 bits per heavy atom. The number of hydrogen-bond donors (Lipinski definition) is 2. The van der Waals surface area contributed by atoms with E-state index in [0.29, 0.717) is 5.69 Å². The number of carboxylic acids is 1. The zero-order valence-corrected chi connectivity index (χ0v) is 10.3. The van der Waals surface area contributed by atoms with E-state index in [0.717, 1.165) is 8.66 Å². The lowest BCUT2D eigenvalue weighted by molar-refractivity contribution is 0.0698. The maximum atomic E-state index is 10.9. The number of aromatic amines is 1. The van der Waals surface area contributed by atoms with Crippen LogP contribution in [0.1, 0.15) is 10.4 Å². The Bertz CT molecular complexity index is 522. The molecule has 0 aliphatic heterocycles. The van der Waals surface area contributed by atoms with Crippen molar-refractivity contribution in [3.8, 4) is 10.6 Å². The lowest BCUT2D eigenvalue weighted by atomic mass is 10.2. The van der Waals surface area contributed by atoms with Gasteiger partial charge in [0.15, 0.2) is 0 Å². The zero-order chi connectivity index (χ0) is 11.0. The van der Waals surface area contributed by atoms with Crippen LogP contribution in [0.2, 0.25) is 5.15 Å². The van der Waals surface area contributed by atoms with Crippen molar-refractivity contribution in [2.24, 2.45) is 0 Å². The summed E-state index contributed by atoms with van der Waals surface area (Å²) in [5.41, 5.74) is 0.370. The summed E-state index contributed by atoms with van der Waals surface area (Å²) in [4.78, 5) is 11.7. The van der Waals surface area contributed by atoms with Gasteiger partial charge in [0.2, 0.25) is 0 Å². The van der Waals surface area contributed by atoms with Gasteiger partial charge in [0.05, 0.1) is 8.66 Å². The number of nitrogens with zero attached hydrogens (tertiary/aromatic N) is 1. The SMILES string of the molecule is O=C(O)c1c(-c2ccc(Br)s2)n[nH]c1Cl. The number of halogens is 2. The molecule has 15 heavy (non-hydrogen) atoms. The fourth-order valence-electron chi connectivity index (χ4n) is 1.14. The predicted molar refractivity (Wildman–Crippen MR) is 61.6 cm³/mol. The molecule has 7 heteroatoms. The molecule has 0 saturated carbocycles. The van der Waals surface area contributed by atoms with Crippen LogP contribution in [0, 0.1) is 0 Å². The summed E-state index contributed by atoms with van der Waals surface area (Å²) in [5.74, 6) is -1.09. The van der Waals surface area contributed by atoms with Crippen LogP contribution >= 0.6 is 38.9 Å². The molecule has 0 aliphatic carbocycles. The Kier molecular flexibility index (Phi) is 2.81. The predicted octanol–water partition coefficient (Wildman–Crippen LogP) is 3.25. The minimum absolute atomic E-state index is 0.00557. The smallest absolute Gasteiger partial charge is 0.341 e. The van der Waals surface area contributed by atoms with Crippen molar-refractivity contribution in [1.29, 1.82) is 0 Å².